The molecule has 0 spiro atoms. The van der Waals surface area contributed by atoms with Gasteiger partial charge in [0.05, 0.1) is 7.11 Å². The lowest BCUT2D eigenvalue weighted by atomic mass is 10.1. The van der Waals surface area contributed by atoms with E-state index in [1.807, 2.05) is 0 Å². The minimum atomic E-state index is -1.40. The molecular formula is C19H27NO5. The van der Waals surface area contributed by atoms with Crippen LogP contribution in [0.3, 0.4) is 0 Å². The van der Waals surface area contributed by atoms with Gasteiger partial charge in [0.25, 0.3) is 0 Å². The molecule has 138 valence electrons. The highest BCUT2D eigenvalue weighted by molar-refractivity contribution is 5.75. The Bertz CT molecular complexity index is 595. The van der Waals surface area contributed by atoms with Gasteiger partial charge in [-0.3, -0.25) is 4.79 Å². The summed E-state index contributed by atoms with van der Waals surface area (Å²) in [6, 6.07) is 4.85. The van der Waals surface area contributed by atoms with Crippen LogP contribution in [0.15, 0.2) is 30.4 Å². The molecule has 25 heavy (non-hydrogen) atoms. The van der Waals surface area contributed by atoms with Gasteiger partial charge in [-0.05, 0) is 42.9 Å². The van der Waals surface area contributed by atoms with E-state index in [-0.39, 0.29) is 11.7 Å². The molecule has 0 fully saturated rings. The largest absolute Gasteiger partial charge is 0.511 e. The Morgan fingerprint density at radius 3 is 2.64 bits per heavy atom. The van der Waals surface area contributed by atoms with Crippen LogP contribution in [0.4, 0.5) is 4.79 Å². The Labute approximate surface area is 148 Å². The molecule has 0 atom stereocenters. The number of carboxylic acid groups (broad SMARTS) is 1. The molecule has 1 aromatic carbocycles. The number of rotatable bonds is 10. The van der Waals surface area contributed by atoms with E-state index in [1.54, 1.807) is 12.1 Å². The number of nitrogens with one attached hydrogen (secondary N) is 1. The number of amides is 1. The van der Waals surface area contributed by atoms with E-state index in [0.29, 0.717) is 24.6 Å². The van der Waals surface area contributed by atoms with Gasteiger partial charge in [0.1, 0.15) is 0 Å². The monoisotopic (exact) mass is 349 g/mol. The Kier molecular flexibility index (Phi) is 9.14. The van der Waals surface area contributed by atoms with Crippen LogP contribution in [0.25, 0.3) is 0 Å². The van der Waals surface area contributed by atoms with Gasteiger partial charge in [0, 0.05) is 13.0 Å². The highest BCUT2D eigenvalue weighted by Gasteiger charge is 2.10. The lowest BCUT2D eigenvalue weighted by Gasteiger charge is -2.10. The normalized spacial score (nSPS) is 10.9. The summed E-state index contributed by atoms with van der Waals surface area (Å²) < 4.78 is 9.72. The van der Waals surface area contributed by atoms with Crippen molar-refractivity contribution in [3.05, 3.63) is 35.9 Å². The quantitative estimate of drug-likeness (QED) is 0.287. The Morgan fingerprint density at radius 2 is 2.00 bits per heavy atom. The average Bonchev–Trinajstić information content (AvgIpc) is 2.56. The molecule has 0 saturated carbocycles. The molecule has 0 radical (unpaired) electrons. The minimum absolute atomic E-state index is 0.00216. The lowest BCUT2D eigenvalue weighted by molar-refractivity contribution is -0.121. The van der Waals surface area contributed by atoms with Gasteiger partial charge in [-0.15, -0.1) is 0 Å². The van der Waals surface area contributed by atoms with E-state index in [0.717, 1.165) is 24.8 Å². The van der Waals surface area contributed by atoms with Crippen molar-refractivity contribution in [3.8, 4) is 11.5 Å². The Balaban J connectivity index is 2.37. The van der Waals surface area contributed by atoms with Crippen LogP contribution >= 0.6 is 0 Å². The van der Waals surface area contributed by atoms with Crippen LogP contribution in [0.2, 0.25) is 0 Å². The minimum Gasteiger partial charge on any atom is -0.493 e. The first-order valence-corrected chi connectivity index (χ1v) is 8.43. The zero-order chi connectivity index (χ0) is 18.7. The maximum atomic E-state index is 11.9. The number of allylic oxidation sites excluding steroid dienone is 2. The topological polar surface area (TPSA) is 84.9 Å². The van der Waals surface area contributed by atoms with Crippen LogP contribution < -0.4 is 14.8 Å². The van der Waals surface area contributed by atoms with Crippen molar-refractivity contribution in [2.45, 2.75) is 46.1 Å². The van der Waals surface area contributed by atoms with Crippen molar-refractivity contribution in [2.24, 2.45) is 5.92 Å². The Morgan fingerprint density at radius 1 is 1.24 bits per heavy atom. The molecule has 0 aliphatic rings. The first-order chi connectivity index (χ1) is 11.9. The average molecular weight is 349 g/mol. The molecule has 1 aromatic rings. The third kappa shape index (κ3) is 8.79. The summed E-state index contributed by atoms with van der Waals surface area (Å²) in [5.41, 5.74) is 0.808. The smallest absolute Gasteiger partial charge is 0.493 e. The first kappa shape index (κ1) is 20.5. The summed E-state index contributed by atoms with van der Waals surface area (Å²) in [5.74, 6) is 0.996. The van der Waals surface area contributed by atoms with Crippen LogP contribution in [0.1, 0.15) is 45.1 Å². The molecule has 1 amide bonds. The van der Waals surface area contributed by atoms with Crippen LogP contribution in [0, 0.1) is 5.92 Å². The fourth-order valence-electron chi connectivity index (χ4n) is 2.21. The fraction of sp³-hybridized carbons (Fsp3) is 0.474. The molecule has 0 heterocycles. The molecule has 6 heteroatoms. The van der Waals surface area contributed by atoms with Gasteiger partial charge < -0.3 is 19.9 Å². The molecule has 0 aromatic heterocycles. The SMILES string of the molecule is COc1cc(CNC(=O)CCCC/C=C/C(C)C)ccc1OC(=O)O. The van der Waals surface area contributed by atoms with E-state index in [2.05, 4.69) is 36.1 Å². The molecule has 1 rings (SSSR count). The zero-order valence-electron chi connectivity index (χ0n) is 15.1. The number of hydrogen-bond acceptors (Lipinski definition) is 4. The predicted molar refractivity (Wildman–Crippen MR) is 95.9 cm³/mol. The molecule has 6 nitrogen and oxygen atoms in total. The molecule has 0 bridgehead atoms. The third-order valence-electron chi connectivity index (χ3n) is 3.46. The number of ether oxygens (including phenoxy) is 2. The summed E-state index contributed by atoms with van der Waals surface area (Å²) in [5, 5.41) is 11.5. The molecule has 0 saturated heterocycles. The highest BCUT2D eigenvalue weighted by Crippen LogP contribution is 2.28. The van der Waals surface area contributed by atoms with E-state index in [9.17, 15) is 9.59 Å². The maximum absolute atomic E-state index is 11.9. The van der Waals surface area contributed by atoms with Crippen molar-refractivity contribution < 1.29 is 24.2 Å². The van der Waals surface area contributed by atoms with Crippen LogP contribution in [-0.2, 0) is 11.3 Å². The number of benzene rings is 1. The second-order valence-corrected chi connectivity index (χ2v) is 6.05. The fourth-order valence-corrected chi connectivity index (χ4v) is 2.21. The third-order valence-corrected chi connectivity index (χ3v) is 3.46. The van der Waals surface area contributed by atoms with Gasteiger partial charge in [-0.25, -0.2) is 4.79 Å². The number of methoxy groups -OCH3 is 1. The molecule has 2 N–H and O–H groups in total. The summed E-state index contributed by atoms with van der Waals surface area (Å²) in [6.07, 6.45) is 6.26. The van der Waals surface area contributed by atoms with Crippen molar-refractivity contribution in [1.82, 2.24) is 5.32 Å². The van der Waals surface area contributed by atoms with Crippen molar-refractivity contribution in [1.29, 1.82) is 0 Å². The maximum Gasteiger partial charge on any atom is 0.511 e. The highest BCUT2D eigenvalue weighted by atomic mass is 16.7. The summed E-state index contributed by atoms with van der Waals surface area (Å²) in [7, 11) is 1.43. The van der Waals surface area contributed by atoms with Gasteiger partial charge in [0.15, 0.2) is 11.5 Å². The molecule has 0 aliphatic heterocycles. The first-order valence-electron chi connectivity index (χ1n) is 8.43. The van der Waals surface area contributed by atoms with E-state index in [1.165, 1.54) is 13.2 Å². The second-order valence-electron chi connectivity index (χ2n) is 6.05. The van der Waals surface area contributed by atoms with Gasteiger partial charge in [0.2, 0.25) is 5.91 Å². The second kappa shape index (κ2) is 11.1. The van der Waals surface area contributed by atoms with Crippen molar-refractivity contribution >= 4 is 12.1 Å². The van der Waals surface area contributed by atoms with Crippen molar-refractivity contribution in [2.75, 3.05) is 7.11 Å². The Hall–Kier alpha value is -2.50. The molecule has 0 unspecified atom stereocenters. The van der Waals surface area contributed by atoms with Crippen molar-refractivity contribution in [3.63, 3.8) is 0 Å². The summed E-state index contributed by atoms with van der Waals surface area (Å²) in [4.78, 5) is 22.5. The number of hydrogen-bond donors (Lipinski definition) is 2. The lowest BCUT2D eigenvalue weighted by Crippen LogP contribution is -2.22. The molecule has 0 aliphatic carbocycles. The van der Waals surface area contributed by atoms with Gasteiger partial charge >= 0.3 is 6.16 Å². The van der Waals surface area contributed by atoms with E-state index in [4.69, 9.17) is 9.84 Å². The molecular weight excluding hydrogens is 322 g/mol. The number of carbonyl (C=O) groups excluding carboxylic acids is 1. The van der Waals surface area contributed by atoms with Gasteiger partial charge in [-0.2, -0.15) is 0 Å². The van der Waals surface area contributed by atoms with Gasteiger partial charge in [-0.1, -0.05) is 32.1 Å². The zero-order valence-corrected chi connectivity index (χ0v) is 15.1. The predicted octanol–water partition coefficient (Wildman–Crippen LogP) is 4.14. The standard InChI is InChI=1S/C19H27NO5/c1-14(2)8-6-4-5-7-9-18(21)20-13-15-10-11-16(25-19(22)23)17(12-15)24-3/h6,8,10-12,14H,4-5,7,9,13H2,1-3H3,(H,20,21)(H,22,23)/b8-6+. The summed E-state index contributed by atoms with van der Waals surface area (Å²) in [6.45, 7) is 4.63. The van der Waals surface area contributed by atoms with Crippen LogP contribution in [-0.4, -0.2) is 24.3 Å². The number of unbranched alkanes of at least 4 members (excludes halogenated alkanes) is 2. The van der Waals surface area contributed by atoms with Crippen LogP contribution in [0.5, 0.6) is 11.5 Å². The summed E-state index contributed by atoms with van der Waals surface area (Å²) >= 11 is 0. The number of carbonyl (C=O) groups is 2. The van der Waals surface area contributed by atoms with E-state index < -0.39 is 6.16 Å². The van der Waals surface area contributed by atoms with E-state index >= 15 is 0 Å².